The Morgan fingerprint density at radius 2 is 1.33 bits per heavy atom. The van der Waals surface area contributed by atoms with Gasteiger partial charge < -0.3 is 0 Å². The lowest BCUT2D eigenvalue weighted by Crippen LogP contribution is -1.86. The summed E-state index contributed by atoms with van der Waals surface area (Å²) < 4.78 is 35.9. The highest BCUT2D eigenvalue weighted by Gasteiger charge is 2.04. The van der Waals surface area contributed by atoms with Crippen LogP contribution in [-0.4, -0.2) is 0 Å². The van der Waals surface area contributed by atoms with Crippen molar-refractivity contribution in [1.82, 2.24) is 0 Å². The molecule has 0 spiro atoms. The maximum absolute atomic E-state index is 12.0. The lowest BCUT2D eigenvalue weighted by molar-refractivity contribution is 0.447. The van der Waals surface area contributed by atoms with E-state index in [1.807, 2.05) is 0 Å². The van der Waals surface area contributed by atoms with Gasteiger partial charge in [-0.15, -0.1) is 0 Å². The molecule has 0 aliphatic carbocycles. The van der Waals surface area contributed by atoms with Crippen molar-refractivity contribution < 1.29 is 13.2 Å². The molecule has 12 heavy (non-hydrogen) atoms. The molecule has 0 amide bonds. The maximum Gasteiger partial charge on any atom is 0.194 e. The summed E-state index contributed by atoms with van der Waals surface area (Å²) in [4.78, 5) is 0. The molecule has 3 heteroatoms. The van der Waals surface area contributed by atoms with Crippen molar-refractivity contribution in [2.24, 2.45) is 0 Å². The Hall–Kier alpha value is -0.990. The van der Waals surface area contributed by atoms with Gasteiger partial charge in [0.15, 0.2) is 17.5 Å². The van der Waals surface area contributed by atoms with Crippen LogP contribution < -0.4 is 0 Å². The molecule has 0 saturated heterocycles. The fraction of sp³-hybridized carbons (Fsp3) is 0.333. The summed E-state index contributed by atoms with van der Waals surface area (Å²) in [7, 11) is 0. The molecule has 0 aliphatic rings. The van der Waals surface area contributed by atoms with Crippen LogP contribution in [0.5, 0.6) is 0 Å². The first kappa shape index (κ1) is 11.0. The van der Waals surface area contributed by atoms with Gasteiger partial charge >= 0.3 is 0 Å². The van der Waals surface area contributed by atoms with Crippen molar-refractivity contribution in [3.63, 3.8) is 0 Å². The van der Waals surface area contributed by atoms with Crippen molar-refractivity contribution >= 4 is 0 Å². The average Bonchev–Trinajstić information content (AvgIpc) is 2.02. The molecular formula is C9H11F3. The zero-order chi connectivity index (χ0) is 9.56. The predicted molar refractivity (Wildman–Crippen MR) is 42.3 cm³/mol. The Bertz CT molecular complexity index is 213. The Balaban J connectivity index is 0.000000354. The fourth-order valence-corrected chi connectivity index (χ4v) is 0.477. The summed E-state index contributed by atoms with van der Waals surface area (Å²) in [5.74, 6) is -3.73. The van der Waals surface area contributed by atoms with Crippen LogP contribution in [-0.2, 0) is 0 Å². The van der Waals surface area contributed by atoms with Crippen LogP contribution in [0.4, 0.5) is 13.2 Å². The normalized spacial score (nSPS) is 8.75. The molecule has 0 aromatic heterocycles. The van der Waals surface area contributed by atoms with Crippen molar-refractivity contribution in [1.29, 1.82) is 0 Å². The highest BCUT2D eigenvalue weighted by Crippen LogP contribution is 2.07. The van der Waals surface area contributed by atoms with Crippen molar-refractivity contribution in [3.05, 3.63) is 35.7 Å². The summed E-state index contributed by atoms with van der Waals surface area (Å²) in [5.41, 5.74) is 0. The first-order valence-electron chi connectivity index (χ1n) is 3.73. The minimum atomic E-state index is -1.42. The van der Waals surface area contributed by atoms with Crippen LogP contribution in [0.3, 0.4) is 0 Å². The highest BCUT2D eigenvalue weighted by atomic mass is 19.2. The monoisotopic (exact) mass is 176 g/mol. The third-order valence-corrected chi connectivity index (χ3v) is 0.904. The van der Waals surface area contributed by atoms with E-state index >= 15 is 0 Å². The van der Waals surface area contributed by atoms with Gasteiger partial charge in [-0.1, -0.05) is 26.3 Å². The van der Waals surface area contributed by atoms with E-state index in [-0.39, 0.29) is 0 Å². The first-order valence-corrected chi connectivity index (χ1v) is 3.73. The number of rotatable bonds is 0. The van der Waals surface area contributed by atoms with Gasteiger partial charge in [-0.25, -0.2) is 13.2 Å². The van der Waals surface area contributed by atoms with Gasteiger partial charge in [0.1, 0.15) is 0 Å². The van der Waals surface area contributed by atoms with Crippen LogP contribution in [0.2, 0.25) is 0 Å². The molecule has 0 bridgehead atoms. The quantitative estimate of drug-likeness (QED) is 0.530. The summed E-state index contributed by atoms with van der Waals surface area (Å²) in [5, 5.41) is 0. The lowest BCUT2D eigenvalue weighted by atomic mass is 10.3. The second-order valence-corrected chi connectivity index (χ2v) is 2.24. The van der Waals surface area contributed by atoms with Gasteiger partial charge in [0.05, 0.1) is 0 Å². The number of benzene rings is 1. The van der Waals surface area contributed by atoms with Crippen LogP contribution in [0, 0.1) is 17.5 Å². The zero-order valence-corrected chi connectivity index (χ0v) is 7.07. The van der Waals surface area contributed by atoms with Gasteiger partial charge in [0.25, 0.3) is 0 Å². The van der Waals surface area contributed by atoms with Crippen LogP contribution in [0.1, 0.15) is 20.3 Å². The van der Waals surface area contributed by atoms with Crippen LogP contribution in [0.15, 0.2) is 18.2 Å². The largest absolute Gasteiger partial charge is 0.204 e. The van der Waals surface area contributed by atoms with Gasteiger partial charge in [-0.05, 0) is 12.1 Å². The predicted octanol–water partition coefficient (Wildman–Crippen LogP) is 3.52. The smallest absolute Gasteiger partial charge is 0.194 e. The second-order valence-electron chi connectivity index (χ2n) is 2.24. The molecule has 0 unspecified atom stereocenters. The molecule has 0 fully saturated rings. The van der Waals surface area contributed by atoms with E-state index in [0.29, 0.717) is 0 Å². The van der Waals surface area contributed by atoms with E-state index in [1.54, 1.807) is 0 Å². The summed E-state index contributed by atoms with van der Waals surface area (Å²) >= 11 is 0. The Kier molecular flexibility index (Phi) is 5.17. The molecular weight excluding hydrogens is 165 g/mol. The van der Waals surface area contributed by atoms with Gasteiger partial charge in [-0.3, -0.25) is 0 Å². The van der Waals surface area contributed by atoms with E-state index in [4.69, 9.17) is 0 Å². The van der Waals surface area contributed by atoms with E-state index in [0.717, 1.165) is 18.2 Å². The Morgan fingerprint density at radius 1 is 1.00 bits per heavy atom. The molecule has 0 heterocycles. The molecule has 1 aromatic rings. The molecule has 68 valence electrons. The standard InChI is InChI=1S/C6H3F3.C3H8/c7-4-2-1-3-5(8)6(4)9;1-3-2/h1-3H;3H2,1-2H3. The van der Waals surface area contributed by atoms with Crippen LogP contribution in [0.25, 0.3) is 0 Å². The number of hydrogen-bond acceptors (Lipinski definition) is 0. The average molecular weight is 176 g/mol. The Labute approximate surface area is 70.0 Å². The van der Waals surface area contributed by atoms with E-state index in [9.17, 15) is 13.2 Å². The molecule has 1 rings (SSSR count). The summed E-state index contributed by atoms with van der Waals surface area (Å²) in [6.45, 7) is 4.25. The minimum absolute atomic E-state index is 0.860. The molecule has 0 radical (unpaired) electrons. The maximum atomic E-state index is 12.0. The molecule has 0 nitrogen and oxygen atoms in total. The van der Waals surface area contributed by atoms with Gasteiger partial charge in [0.2, 0.25) is 0 Å². The second kappa shape index (κ2) is 5.63. The highest BCUT2D eigenvalue weighted by molar-refractivity contribution is 5.07. The summed E-state index contributed by atoms with van der Waals surface area (Å²) in [6, 6.07) is 2.82. The molecule has 1 aromatic carbocycles. The van der Waals surface area contributed by atoms with Crippen molar-refractivity contribution in [3.8, 4) is 0 Å². The van der Waals surface area contributed by atoms with Crippen molar-refractivity contribution in [2.45, 2.75) is 20.3 Å². The zero-order valence-electron chi connectivity index (χ0n) is 7.07. The van der Waals surface area contributed by atoms with E-state index < -0.39 is 17.5 Å². The SMILES string of the molecule is CCC.Fc1cccc(F)c1F. The topological polar surface area (TPSA) is 0 Å². The lowest BCUT2D eigenvalue weighted by Gasteiger charge is -1.90. The third-order valence-electron chi connectivity index (χ3n) is 0.904. The fourth-order valence-electron chi connectivity index (χ4n) is 0.477. The minimum Gasteiger partial charge on any atom is -0.204 e. The van der Waals surface area contributed by atoms with Gasteiger partial charge in [-0.2, -0.15) is 0 Å². The van der Waals surface area contributed by atoms with E-state index in [1.165, 1.54) is 6.42 Å². The van der Waals surface area contributed by atoms with Gasteiger partial charge in [0, 0.05) is 0 Å². The first-order chi connectivity index (χ1) is 5.63. The van der Waals surface area contributed by atoms with Crippen LogP contribution >= 0.6 is 0 Å². The Morgan fingerprint density at radius 3 is 1.58 bits per heavy atom. The molecule has 0 N–H and O–H groups in total. The van der Waals surface area contributed by atoms with E-state index in [2.05, 4.69) is 13.8 Å². The third kappa shape index (κ3) is 3.42. The molecule has 0 saturated carbocycles. The van der Waals surface area contributed by atoms with Crippen molar-refractivity contribution in [2.75, 3.05) is 0 Å². The summed E-state index contributed by atoms with van der Waals surface area (Å²) in [6.07, 6.45) is 1.25. The molecule has 0 atom stereocenters. The molecule has 0 aliphatic heterocycles. The number of hydrogen-bond donors (Lipinski definition) is 0. The number of halogens is 3.